The van der Waals surface area contributed by atoms with Gasteiger partial charge in [-0.15, -0.1) is 0 Å². The van der Waals surface area contributed by atoms with Crippen LogP contribution in [0.15, 0.2) is 0 Å². The van der Waals surface area contributed by atoms with Gasteiger partial charge in [0.05, 0.1) is 0 Å². The fourth-order valence-corrected chi connectivity index (χ4v) is 0.861. The number of carbonyl (C=O) groups is 2. The first-order chi connectivity index (χ1) is 5.52. The molecule has 0 aromatic rings. The fourth-order valence-electron chi connectivity index (χ4n) is 0.287. The largest absolute Gasteiger partial charge is 0.424 e. The van der Waals surface area contributed by atoms with Crippen LogP contribution in [-0.4, -0.2) is 21.2 Å². The van der Waals surface area contributed by atoms with Gasteiger partial charge in [0.25, 0.3) is 0 Å². The molecule has 0 amide bonds. The van der Waals surface area contributed by atoms with Crippen LogP contribution >= 0.6 is 0 Å². The molecule has 0 saturated heterocycles. The number of rotatable bonds is 4. The molecule has 0 aliphatic carbocycles. The zero-order valence-corrected chi connectivity index (χ0v) is 8.18. The van der Waals surface area contributed by atoms with Crippen molar-refractivity contribution in [3.05, 3.63) is 0 Å². The van der Waals surface area contributed by atoms with Crippen LogP contribution < -0.4 is 0 Å². The highest BCUT2D eigenvalue weighted by atomic mass is 28.3. The summed E-state index contributed by atoms with van der Waals surface area (Å²) in [5.41, 5.74) is 0. The maximum atomic E-state index is 10.2. The number of hydrogen-bond acceptors (Lipinski definition) is 6. The molecule has 0 fully saturated rings. The Bertz CT molecular complexity index is 151. The molecular formula is C5H10O6Si. The van der Waals surface area contributed by atoms with E-state index in [0.717, 1.165) is 0 Å². The van der Waals surface area contributed by atoms with Crippen LogP contribution in [0.5, 0.6) is 0 Å². The average molecular weight is 194 g/mol. The van der Waals surface area contributed by atoms with Gasteiger partial charge in [0.15, 0.2) is 0 Å². The molecule has 0 N–H and O–H groups in total. The van der Waals surface area contributed by atoms with Crippen molar-refractivity contribution >= 4 is 21.2 Å². The van der Waals surface area contributed by atoms with E-state index in [-0.39, 0.29) is 0 Å². The normalized spacial score (nSPS) is 9.67. The Morgan fingerprint density at radius 3 is 1.58 bits per heavy atom. The Kier molecular flexibility index (Phi) is 5.25. The van der Waals surface area contributed by atoms with Gasteiger partial charge < -0.3 is 9.78 Å². The van der Waals surface area contributed by atoms with Gasteiger partial charge in [-0.05, 0) is 6.55 Å². The molecule has 0 unspecified atom stereocenters. The zero-order chi connectivity index (χ0) is 9.56. The Morgan fingerprint density at radius 2 is 1.33 bits per heavy atom. The molecule has 0 aromatic carbocycles. The Morgan fingerprint density at radius 1 is 1.00 bits per heavy atom. The Hall–Kier alpha value is -0.923. The highest BCUT2D eigenvalue weighted by Crippen LogP contribution is 1.92. The van der Waals surface area contributed by atoms with Gasteiger partial charge in [-0.3, -0.25) is 0 Å². The Balaban J connectivity index is 3.39. The quantitative estimate of drug-likeness (QED) is 0.351. The SMILES string of the molecule is CC(=O)OO[SiH](C)OOC(C)=O. The highest BCUT2D eigenvalue weighted by molar-refractivity contribution is 6.42. The summed E-state index contributed by atoms with van der Waals surface area (Å²) >= 11 is 0. The van der Waals surface area contributed by atoms with Gasteiger partial charge in [0.2, 0.25) is 0 Å². The van der Waals surface area contributed by atoms with Gasteiger partial charge >= 0.3 is 21.2 Å². The molecule has 0 radical (unpaired) electrons. The summed E-state index contributed by atoms with van der Waals surface area (Å²) in [6.45, 7) is 3.91. The first-order valence-corrected chi connectivity index (χ1v) is 5.30. The molecule has 0 rings (SSSR count). The molecule has 0 aromatic heterocycles. The second-order valence-corrected chi connectivity index (χ2v) is 3.43. The second kappa shape index (κ2) is 5.69. The van der Waals surface area contributed by atoms with E-state index in [9.17, 15) is 9.59 Å². The van der Waals surface area contributed by atoms with Gasteiger partial charge in [-0.2, -0.15) is 0 Å². The van der Waals surface area contributed by atoms with Crippen LogP contribution in [0.1, 0.15) is 13.8 Å². The van der Waals surface area contributed by atoms with E-state index in [1.54, 1.807) is 0 Å². The molecule has 0 aliphatic rings. The third-order valence-electron chi connectivity index (χ3n) is 0.602. The lowest BCUT2D eigenvalue weighted by Gasteiger charge is -2.07. The molecule has 7 heteroatoms. The maximum absolute atomic E-state index is 10.2. The van der Waals surface area contributed by atoms with Crippen LogP contribution in [-0.2, 0) is 28.5 Å². The summed E-state index contributed by atoms with van der Waals surface area (Å²) in [4.78, 5) is 28.7. The monoisotopic (exact) mass is 194 g/mol. The van der Waals surface area contributed by atoms with E-state index in [2.05, 4.69) is 18.9 Å². The topological polar surface area (TPSA) is 71.1 Å². The molecule has 12 heavy (non-hydrogen) atoms. The summed E-state index contributed by atoms with van der Waals surface area (Å²) in [5, 5.41) is 0. The minimum atomic E-state index is -2.20. The van der Waals surface area contributed by atoms with Crippen LogP contribution in [0.25, 0.3) is 0 Å². The number of carbonyl (C=O) groups excluding carboxylic acids is 2. The molecule has 70 valence electrons. The van der Waals surface area contributed by atoms with Crippen molar-refractivity contribution in [2.75, 3.05) is 0 Å². The van der Waals surface area contributed by atoms with E-state index in [0.29, 0.717) is 0 Å². The van der Waals surface area contributed by atoms with Crippen molar-refractivity contribution in [1.29, 1.82) is 0 Å². The van der Waals surface area contributed by atoms with E-state index < -0.39 is 21.2 Å². The van der Waals surface area contributed by atoms with Crippen molar-refractivity contribution in [3.8, 4) is 0 Å². The second-order valence-electron chi connectivity index (χ2n) is 1.91. The van der Waals surface area contributed by atoms with Gasteiger partial charge in [0.1, 0.15) is 0 Å². The van der Waals surface area contributed by atoms with Crippen molar-refractivity contribution in [2.45, 2.75) is 20.4 Å². The first-order valence-electron chi connectivity index (χ1n) is 3.20. The van der Waals surface area contributed by atoms with Crippen molar-refractivity contribution in [2.24, 2.45) is 0 Å². The van der Waals surface area contributed by atoms with Gasteiger partial charge in [0, 0.05) is 13.8 Å². The van der Waals surface area contributed by atoms with Crippen LogP contribution in [0.3, 0.4) is 0 Å². The summed E-state index contributed by atoms with van der Waals surface area (Å²) in [7, 11) is -2.20. The van der Waals surface area contributed by atoms with Crippen LogP contribution in [0, 0.1) is 0 Å². The molecule has 0 spiro atoms. The molecule has 6 nitrogen and oxygen atoms in total. The molecular weight excluding hydrogens is 184 g/mol. The maximum Gasteiger partial charge on any atom is 0.424 e. The van der Waals surface area contributed by atoms with E-state index in [1.807, 2.05) is 0 Å². The fraction of sp³-hybridized carbons (Fsp3) is 0.600. The van der Waals surface area contributed by atoms with E-state index >= 15 is 0 Å². The summed E-state index contributed by atoms with van der Waals surface area (Å²) in [6.07, 6.45) is 0. The lowest BCUT2D eigenvalue weighted by molar-refractivity contribution is -0.258. The lowest BCUT2D eigenvalue weighted by atomic mass is 10.9. The first kappa shape index (κ1) is 11.1. The summed E-state index contributed by atoms with van der Waals surface area (Å²) in [6, 6.07) is 0. The highest BCUT2D eigenvalue weighted by Gasteiger charge is 2.12. The Labute approximate surface area is 71.1 Å². The minimum absolute atomic E-state index is 0.583. The van der Waals surface area contributed by atoms with Crippen LogP contribution in [0.4, 0.5) is 0 Å². The van der Waals surface area contributed by atoms with Gasteiger partial charge in [-0.1, -0.05) is 0 Å². The van der Waals surface area contributed by atoms with Crippen molar-refractivity contribution < 1.29 is 28.5 Å². The summed E-state index contributed by atoms with van der Waals surface area (Å²) < 4.78 is 8.89. The van der Waals surface area contributed by atoms with E-state index in [4.69, 9.17) is 0 Å². The van der Waals surface area contributed by atoms with E-state index in [1.165, 1.54) is 20.4 Å². The molecule has 0 bridgehead atoms. The standard InChI is InChI=1S/C5H10O6Si/c1-4(6)8-10-12(3)11-9-5(2)7/h12H,1-3H3. The predicted octanol–water partition coefficient (Wildman–Crippen LogP) is -0.174. The van der Waals surface area contributed by atoms with Crippen molar-refractivity contribution in [3.63, 3.8) is 0 Å². The van der Waals surface area contributed by atoms with Crippen LogP contribution in [0.2, 0.25) is 6.55 Å². The number of hydrogen-bond donors (Lipinski definition) is 0. The third kappa shape index (κ3) is 7.19. The minimum Gasteiger partial charge on any atom is -0.308 e. The van der Waals surface area contributed by atoms with Gasteiger partial charge in [-0.25, -0.2) is 18.7 Å². The predicted molar refractivity (Wildman–Crippen MR) is 38.7 cm³/mol. The molecule has 0 aliphatic heterocycles. The molecule has 0 saturated carbocycles. The average Bonchev–Trinajstić information content (AvgIpc) is 1.96. The lowest BCUT2D eigenvalue weighted by Crippen LogP contribution is -2.21. The molecule has 0 heterocycles. The smallest absolute Gasteiger partial charge is 0.308 e. The molecule has 0 atom stereocenters. The van der Waals surface area contributed by atoms with Crippen molar-refractivity contribution in [1.82, 2.24) is 0 Å². The summed E-state index contributed by atoms with van der Waals surface area (Å²) in [5.74, 6) is -1.17. The third-order valence-corrected chi connectivity index (χ3v) is 1.34. The zero-order valence-electron chi connectivity index (χ0n) is 7.03.